The standard InChI is InChI=1S/C20H22ClNO5/c1-13(2)11-26-16-7-4-14(5-8-16)20(24)27-12-19(23)22-17-10-15(21)6-9-18(17)25-3/h4-10,13H,11-12H2,1-3H3,(H,22,23). The highest BCUT2D eigenvalue weighted by molar-refractivity contribution is 6.31. The number of halogens is 1. The smallest absolute Gasteiger partial charge is 0.338 e. The van der Waals surface area contributed by atoms with E-state index in [-0.39, 0.29) is 0 Å². The Bertz CT molecular complexity index is 789. The third-order valence-corrected chi connectivity index (χ3v) is 3.68. The maximum atomic E-state index is 12.1. The van der Waals surface area contributed by atoms with Gasteiger partial charge in [-0.2, -0.15) is 0 Å². The quantitative estimate of drug-likeness (QED) is 0.683. The molecule has 0 aliphatic rings. The lowest BCUT2D eigenvalue weighted by Gasteiger charge is -2.11. The molecule has 144 valence electrons. The number of hydrogen-bond donors (Lipinski definition) is 1. The van der Waals surface area contributed by atoms with Gasteiger partial charge in [-0.15, -0.1) is 0 Å². The van der Waals surface area contributed by atoms with E-state index < -0.39 is 18.5 Å². The number of esters is 1. The first kappa shape index (κ1) is 20.6. The Morgan fingerprint density at radius 1 is 1.11 bits per heavy atom. The molecule has 0 heterocycles. The number of anilines is 1. The molecular weight excluding hydrogens is 370 g/mol. The number of carbonyl (C=O) groups excluding carboxylic acids is 2. The molecule has 2 aromatic carbocycles. The van der Waals surface area contributed by atoms with Crippen LogP contribution in [0.4, 0.5) is 5.69 Å². The van der Waals surface area contributed by atoms with Crippen LogP contribution in [0.15, 0.2) is 42.5 Å². The zero-order valence-corrected chi connectivity index (χ0v) is 16.2. The van der Waals surface area contributed by atoms with Gasteiger partial charge in [0, 0.05) is 5.02 Å². The lowest BCUT2D eigenvalue weighted by Crippen LogP contribution is -2.21. The van der Waals surface area contributed by atoms with Crippen molar-refractivity contribution in [2.24, 2.45) is 5.92 Å². The van der Waals surface area contributed by atoms with Gasteiger partial charge < -0.3 is 19.5 Å². The molecule has 0 saturated carbocycles. The van der Waals surface area contributed by atoms with Crippen LogP contribution in [0.2, 0.25) is 5.02 Å². The van der Waals surface area contributed by atoms with Gasteiger partial charge in [0.2, 0.25) is 0 Å². The van der Waals surface area contributed by atoms with Crippen molar-refractivity contribution in [2.45, 2.75) is 13.8 Å². The number of ether oxygens (including phenoxy) is 3. The van der Waals surface area contributed by atoms with Crippen LogP contribution < -0.4 is 14.8 Å². The topological polar surface area (TPSA) is 73.9 Å². The Labute approximate surface area is 163 Å². The molecule has 7 heteroatoms. The molecule has 1 N–H and O–H groups in total. The normalized spacial score (nSPS) is 10.4. The second kappa shape index (κ2) is 9.83. The van der Waals surface area contributed by atoms with Crippen LogP contribution in [0.3, 0.4) is 0 Å². The summed E-state index contributed by atoms with van der Waals surface area (Å²) in [6.07, 6.45) is 0. The Kier molecular flexibility index (Phi) is 7.49. The van der Waals surface area contributed by atoms with Gasteiger partial charge in [0.05, 0.1) is 25.0 Å². The SMILES string of the molecule is COc1ccc(Cl)cc1NC(=O)COC(=O)c1ccc(OCC(C)C)cc1. The third kappa shape index (κ3) is 6.49. The second-order valence-electron chi connectivity index (χ2n) is 6.20. The summed E-state index contributed by atoms with van der Waals surface area (Å²) in [7, 11) is 1.48. The molecule has 2 aromatic rings. The van der Waals surface area contributed by atoms with Gasteiger partial charge in [0.15, 0.2) is 6.61 Å². The summed E-state index contributed by atoms with van der Waals surface area (Å²) >= 11 is 5.91. The molecule has 0 radical (unpaired) electrons. The first-order valence-electron chi connectivity index (χ1n) is 8.42. The number of rotatable bonds is 8. The van der Waals surface area contributed by atoms with E-state index in [9.17, 15) is 9.59 Å². The van der Waals surface area contributed by atoms with Crippen molar-refractivity contribution < 1.29 is 23.8 Å². The van der Waals surface area contributed by atoms with Gasteiger partial charge in [-0.3, -0.25) is 4.79 Å². The first-order valence-corrected chi connectivity index (χ1v) is 8.80. The predicted octanol–water partition coefficient (Wildman–Crippen LogP) is 4.18. The zero-order chi connectivity index (χ0) is 19.8. The van der Waals surface area contributed by atoms with E-state index in [1.807, 2.05) is 0 Å². The molecule has 2 rings (SSSR count). The minimum Gasteiger partial charge on any atom is -0.495 e. The van der Waals surface area contributed by atoms with E-state index in [0.29, 0.717) is 40.3 Å². The molecule has 0 fully saturated rings. The summed E-state index contributed by atoms with van der Waals surface area (Å²) in [6.45, 7) is 4.27. The average molecular weight is 392 g/mol. The fourth-order valence-corrected chi connectivity index (χ4v) is 2.30. The predicted molar refractivity (Wildman–Crippen MR) is 104 cm³/mol. The Morgan fingerprint density at radius 3 is 2.44 bits per heavy atom. The molecule has 6 nitrogen and oxygen atoms in total. The second-order valence-corrected chi connectivity index (χ2v) is 6.63. The molecule has 0 aliphatic heterocycles. The van der Waals surface area contributed by atoms with Crippen molar-refractivity contribution in [1.82, 2.24) is 0 Å². The molecule has 0 bridgehead atoms. The molecule has 0 saturated heterocycles. The molecule has 0 unspecified atom stereocenters. The fraction of sp³-hybridized carbons (Fsp3) is 0.300. The van der Waals surface area contributed by atoms with Crippen LogP contribution in [0, 0.1) is 5.92 Å². The maximum absolute atomic E-state index is 12.1. The number of nitrogens with one attached hydrogen (secondary N) is 1. The molecule has 0 aromatic heterocycles. The van der Waals surface area contributed by atoms with E-state index in [0.717, 1.165) is 0 Å². The largest absolute Gasteiger partial charge is 0.495 e. The highest BCUT2D eigenvalue weighted by Crippen LogP contribution is 2.27. The van der Waals surface area contributed by atoms with Crippen molar-refractivity contribution in [1.29, 1.82) is 0 Å². The van der Waals surface area contributed by atoms with E-state index in [4.69, 9.17) is 25.8 Å². The third-order valence-electron chi connectivity index (χ3n) is 3.44. The molecule has 1 amide bonds. The van der Waals surface area contributed by atoms with Crippen molar-refractivity contribution in [3.05, 3.63) is 53.1 Å². The van der Waals surface area contributed by atoms with Gasteiger partial charge in [0.1, 0.15) is 11.5 Å². The first-order chi connectivity index (χ1) is 12.9. The zero-order valence-electron chi connectivity index (χ0n) is 15.5. The fourth-order valence-electron chi connectivity index (χ4n) is 2.13. The Hall–Kier alpha value is -2.73. The molecular formula is C20H22ClNO5. The van der Waals surface area contributed by atoms with Crippen molar-refractivity contribution >= 4 is 29.2 Å². The minimum absolute atomic E-state index is 0.333. The molecule has 0 atom stereocenters. The molecule has 27 heavy (non-hydrogen) atoms. The van der Waals surface area contributed by atoms with E-state index >= 15 is 0 Å². The van der Waals surface area contributed by atoms with Crippen LogP contribution >= 0.6 is 11.6 Å². The highest BCUT2D eigenvalue weighted by Gasteiger charge is 2.13. The lowest BCUT2D eigenvalue weighted by atomic mass is 10.2. The van der Waals surface area contributed by atoms with Gasteiger partial charge >= 0.3 is 5.97 Å². The van der Waals surface area contributed by atoms with Gasteiger partial charge in [0.25, 0.3) is 5.91 Å². The average Bonchev–Trinajstić information content (AvgIpc) is 2.65. The number of methoxy groups -OCH3 is 1. The van der Waals surface area contributed by atoms with Gasteiger partial charge in [-0.05, 0) is 48.4 Å². The van der Waals surface area contributed by atoms with Crippen LogP contribution in [-0.4, -0.2) is 32.2 Å². The van der Waals surface area contributed by atoms with Crippen LogP contribution in [0.5, 0.6) is 11.5 Å². The Morgan fingerprint density at radius 2 is 1.81 bits per heavy atom. The summed E-state index contributed by atoms with van der Waals surface area (Å²) in [4.78, 5) is 24.1. The van der Waals surface area contributed by atoms with Crippen molar-refractivity contribution in [3.63, 3.8) is 0 Å². The van der Waals surface area contributed by atoms with E-state index in [1.54, 1.807) is 42.5 Å². The van der Waals surface area contributed by atoms with Crippen LogP contribution in [0.25, 0.3) is 0 Å². The summed E-state index contributed by atoms with van der Waals surface area (Å²) in [5.41, 5.74) is 0.734. The maximum Gasteiger partial charge on any atom is 0.338 e. The lowest BCUT2D eigenvalue weighted by molar-refractivity contribution is -0.119. The van der Waals surface area contributed by atoms with E-state index in [2.05, 4.69) is 19.2 Å². The monoisotopic (exact) mass is 391 g/mol. The van der Waals surface area contributed by atoms with Gasteiger partial charge in [-0.25, -0.2) is 4.79 Å². The van der Waals surface area contributed by atoms with E-state index in [1.165, 1.54) is 7.11 Å². The minimum atomic E-state index is -0.599. The number of amides is 1. The van der Waals surface area contributed by atoms with Crippen LogP contribution in [-0.2, 0) is 9.53 Å². The highest BCUT2D eigenvalue weighted by atomic mass is 35.5. The number of carbonyl (C=O) groups is 2. The summed E-state index contributed by atoms with van der Waals surface area (Å²) in [5, 5.41) is 3.05. The molecule has 0 aliphatic carbocycles. The summed E-state index contributed by atoms with van der Waals surface area (Å²) in [6, 6.07) is 11.4. The van der Waals surface area contributed by atoms with Gasteiger partial charge in [-0.1, -0.05) is 25.4 Å². The van der Waals surface area contributed by atoms with Crippen molar-refractivity contribution in [2.75, 3.05) is 25.6 Å². The van der Waals surface area contributed by atoms with Crippen LogP contribution in [0.1, 0.15) is 24.2 Å². The number of hydrogen-bond acceptors (Lipinski definition) is 5. The number of benzene rings is 2. The summed E-state index contributed by atoms with van der Waals surface area (Å²) in [5.74, 6) is 0.438. The molecule has 0 spiro atoms. The van der Waals surface area contributed by atoms with Crippen molar-refractivity contribution in [3.8, 4) is 11.5 Å². The summed E-state index contributed by atoms with van der Waals surface area (Å²) < 4.78 is 15.7. The Balaban J connectivity index is 1.88.